The third kappa shape index (κ3) is 31.0. The van der Waals surface area contributed by atoms with E-state index in [1.54, 1.807) is 7.11 Å². The van der Waals surface area contributed by atoms with Crippen LogP contribution in [0.25, 0.3) is 0 Å². The quantitative estimate of drug-likeness (QED) is 0.150. The summed E-state index contributed by atoms with van der Waals surface area (Å²) in [6.07, 6.45) is 22.3. The highest BCUT2D eigenvalue weighted by atomic mass is 16.5. The molecule has 0 aliphatic heterocycles. The molecule has 0 atom stereocenters. The molecule has 0 aliphatic carbocycles. The van der Waals surface area contributed by atoms with Crippen molar-refractivity contribution in [1.82, 2.24) is 0 Å². The Morgan fingerprint density at radius 3 is 0.969 bits per heavy atom. The molecule has 0 aromatic heterocycles. The van der Waals surface area contributed by atoms with Crippen LogP contribution < -0.4 is 5.73 Å². The summed E-state index contributed by atoms with van der Waals surface area (Å²) in [6, 6.07) is 0. The van der Waals surface area contributed by atoms with Gasteiger partial charge in [-0.15, -0.1) is 0 Å². The molecule has 6 nitrogen and oxygen atoms in total. The largest absolute Gasteiger partial charge is 0.469 e. The summed E-state index contributed by atoms with van der Waals surface area (Å²) in [4.78, 5) is 21.9. The number of esters is 2. The maximum atomic E-state index is 11.0. The van der Waals surface area contributed by atoms with E-state index in [9.17, 15) is 9.59 Å². The highest BCUT2D eigenvalue weighted by Gasteiger charge is 2.00. The molecule has 32 heavy (non-hydrogen) atoms. The molecule has 0 aliphatic rings. The number of methoxy groups -OCH3 is 3. The van der Waals surface area contributed by atoms with E-state index in [4.69, 9.17) is 10.5 Å². The minimum Gasteiger partial charge on any atom is -0.469 e. The van der Waals surface area contributed by atoms with E-state index in [0.717, 1.165) is 45.3 Å². The molecular weight excluding hydrogens is 406 g/mol. The van der Waals surface area contributed by atoms with E-state index in [1.165, 1.54) is 91.3 Å². The van der Waals surface area contributed by atoms with Gasteiger partial charge in [0.1, 0.15) is 0 Å². The number of unbranched alkanes of at least 4 members (excludes halogenated alkanes) is 15. The first kappa shape index (κ1) is 33.0. The predicted molar refractivity (Wildman–Crippen MR) is 133 cm³/mol. The Bertz CT molecular complexity index is 354. The Kier molecular flexibility index (Phi) is 30.8. The van der Waals surface area contributed by atoms with Crippen molar-refractivity contribution in [1.29, 1.82) is 0 Å². The van der Waals surface area contributed by atoms with Crippen molar-refractivity contribution in [3.05, 3.63) is 0 Å². The lowest BCUT2D eigenvalue weighted by Gasteiger charge is -2.04. The molecule has 0 saturated carbocycles. The monoisotopic (exact) mass is 459 g/mol. The van der Waals surface area contributed by atoms with Gasteiger partial charge in [0.2, 0.25) is 0 Å². The number of rotatable bonds is 22. The van der Waals surface area contributed by atoms with Crippen LogP contribution in [0.5, 0.6) is 0 Å². The van der Waals surface area contributed by atoms with E-state index >= 15 is 0 Å². The van der Waals surface area contributed by atoms with Crippen molar-refractivity contribution in [2.24, 2.45) is 5.73 Å². The molecule has 0 radical (unpaired) electrons. The van der Waals surface area contributed by atoms with E-state index in [0.29, 0.717) is 12.8 Å². The first-order valence-corrected chi connectivity index (χ1v) is 12.9. The van der Waals surface area contributed by atoms with Crippen LogP contribution >= 0.6 is 0 Å². The summed E-state index contributed by atoms with van der Waals surface area (Å²) in [5.41, 5.74) is 5.13. The van der Waals surface area contributed by atoms with E-state index in [1.807, 2.05) is 0 Å². The summed E-state index contributed by atoms with van der Waals surface area (Å²) in [7, 11) is 4.59. The van der Waals surface area contributed by atoms with E-state index in [2.05, 4.69) is 9.47 Å². The average molecular weight is 460 g/mol. The number of nitrogens with two attached hydrogens (primary N) is 1. The second kappa shape index (κ2) is 29.9. The van der Waals surface area contributed by atoms with E-state index in [-0.39, 0.29) is 11.9 Å². The first-order valence-electron chi connectivity index (χ1n) is 12.9. The third-order valence-electron chi connectivity index (χ3n) is 5.52. The summed E-state index contributed by atoms with van der Waals surface area (Å²) in [5, 5.41) is 0. The van der Waals surface area contributed by atoms with Gasteiger partial charge in [-0.05, 0) is 25.8 Å². The van der Waals surface area contributed by atoms with Crippen LogP contribution in [-0.4, -0.2) is 46.4 Å². The lowest BCUT2D eigenvalue weighted by molar-refractivity contribution is -0.141. The first-order chi connectivity index (χ1) is 15.6. The molecule has 0 saturated heterocycles. The number of carbonyl (C=O) groups is 2. The molecule has 0 rings (SSSR count). The van der Waals surface area contributed by atoms with Crippen LogP contribution in [0.1, 0.15) is 122 Å². The lowest BCUT2D eigenvalue weighted by atomic mass is 10.0. The lowest BCUT2D eigenvalue weighted by Crippen LogP contribution is -2.01. The van der Waals surface area contributed by atoms with Crippen molar-refractivity contribution >= 4 is 11.9 Å². The van der Waals surface area contributed by atoms with Gasteiger partial charge in [0.15, 0.2) is 0 Å². The van der Waals surface area contributed by atoms with Gasteiger partial charge < -0.3 is 19.9 Å². The standard InChI is InChI=1S/C22H42O4.C4H11NO/c1-25-21(23)19-17-15-13-11-9-7-5-3-4-6-8-10-12-14-16-18-20-22(24)26-2;1-6-4-2-3-5/h3-20H2,1-2H3;2-5H2,1H3. The molecule has 0 heterocycles. The summed E-state index contributed by atoms with van der Waals surface area (Å²) >= 11 is 0. The SMILES string of the molecule is COC(=O)CCCCCCCCCCCCCCCCCCC(=O)OC.COCCCN. The van der Waals surface area contributed by atoms with Crippen LogP contribution in [0.2, 0.25) is 0 Å². The van der Waals surface area contributed by atoms with Gasteiger partial charge in [0.05, 0.1) is 14.2 Å². The summed E-state index contributed by atoms with van der Waals surface area (Å²) in [5.74, 6) is -0.160. The van der Waals surface area contributed by atoms with Crippen molar-refractivity contribution in [3.8, 4) is 0 Å². The predicted octanol–water partition coefficient (Wildman–Crippen LogP) is 6.34. The Labute approximate surface area is 198 Å². The fraction of sp³-hybridized carbons (Fsp3) is 0.923. The van der Waals surface area contributed by atoms with Crippen molar-refractivity contribution in [3.63, 3.8) is 0 Å². The Hall–Kier alpha value is -1.14. The van der Waals surface area contributed by atoms with E-state index < -0.39 is 0 Å². The maximum absolute atomic E-state index is 11.0. The zero-order chi connectivity index (χ0) is 24.1. The second-order valence-corrected chi connectivity index (χ2v) is 8.44. The molecule has 0 aromatic rings. The van der Waals surface area contributed by atoms with Gasteiger partial charge >= 0.3 is 11.9 Å². The van der Waals surface area contributed by atoms with Crippen LogP contribution in [0.15, 0.2) is 0 Å². The smallest absolute Gasteiger partial charge is 0.305 e. The van der Waals surface area contributed by atoms with Crippen molar-refractivity contribution < 1.29 is 23.8 Å². The van der Waals surface area contributed by atoms with Gasteiger partial charge in [0, 0.05) is 26.6 Å². The maximum Gasteiger partial charge on any atom is 0.305 e. The highest BCUT2D eigenvalue weighted by Crippen LogP contribution is 2.14. The zero-order valence-electron chi connectivity index (χ0n) is 21.5. The summed E-state index contributed by atoms with van der Waals surface area (Å²) in [6.45, 7) is 1.52. The van der Waals surface area contributed by atoms with Gasteiger partial charge in [-0.25, -0.2) is 0 Å². The molecule has 0 bridgehead atoms. The van der Waals surface area contributed by atoms with Crippen LogP contribution in [-0.2, 0) is 23.8 Å². The zero-order valence-corrected chi connectivity index (χ0v) is 21.5. The van der Waals surface area contributed by atoms with Crippen molar-refractivity contribution in [2.75, 3.05) is 34.5 Å². The number of hydrogen-bond donors (Lipinski definition) is 1. The fourth-order valence-electron chi connectivity index (χ4n) is 3.45. The van der Waals surface area contributed by atoms with Gasteiger partial charge in [-0.1, -0.05) is 89.9 Å². The van der Waals surface area contributed by atoms with Gasteiger partial charge in [0.25, 0.3) is 0 Å². The minimum absolute atomic E-state index is 0.0800. The number of carbonyl (C=O) groups excluding carboxylic acids is 2. The van der Waals surface area contributed by atoms with Crippen LogP contribution in [0.4, 0.5) is 0 Å². The third-order valence-corrected chi connectivity index (χ3v) is 5.52. The normalized spacial score (nSPS) is 10.4. The minimum atomic E-state index is -0.0800. The van der Waals surface area contributed by atoms with Crippen LogP contribution in [0, 0.1) is 0 Å². The van der Waals surface area contributed by atoms with Gasteiger partial charge in [-0.2, -0.15) is 0 Å². The fourth-order valence-corrected chi connectivity index (χ4v) is 3.45. The van der Waals surface area contributed by atoms with Crippen molar-refractivity contribution in [2.45, 2.75) is 122 Å². The molecule has 2 N–H and O–H groups in total. The van der Waals surface area contributed by atoms with Crippen LogP contribution in [0.3, 0.4) is 0 Å². The molecular formula is C26H53NO5. The van der Waals surface area contributed by atoms with Gasteiger partial charge in [-0.3, -0.25) is 9.59 Å². The Morgan fingerprint density at radius 2 is 0.781 bits per heavy atom. The number of hydrogen-bond acceptors (Lipinski definition) is 6. The molecule has 0 spiro atoms. The molecule has 6 heteroatoms. The number of ether oxygens (including phenoxy) is 3. The molecule has 0 unspecified atom stereocenters. The topological polar surface area (TPSA) is 87.9 Å². The molecule has 0 amide bonds. The Morgan fingerprint density at radius 1 is 0.500 bits per heavy atom. The molecule has 0 fully saturated rings. The average Bonchev–Trinajstić information content (AvgIpc) is 2.81. The summed E-state index contributed by atoms with van der Waals surface area (Å²) < 4.78 is 14.0. The molecule has 0 aromatic carbocycles. The second-order valence-electron chi connectivity index (χ2n) is 8.44. The highest BCUT2D eigenvalue weighted by molar-refractivity contribution is 5.69. The molecule has 192 valence electrons. The Balaban J connectivity index is 0.